The summed E-state index contributed by atoms with van der Waals surface area (Å²) in [5.74, 6) is -0.0203. The van der Waals surface area contributed by atoms with Gasteiger partial charge in [0.25, 0.3) is 0 Å². The Morgan fingerprint density at radius 1 is 1.28 bits per heavy atom. The molecule has 96 valence electrons. The second-order valence-corrected chi connectivity index (χ2v) is 5.52. The molecule has 0 spiro atoms. The highest BCUT2D eigenvalue weighted by Crippen LogP contribution is 2.41. The quantitative estimate of drug-likeness (QED) is 0.863. The van der Waals surface area contributed by atoms with Crippen LogP contribution in [0.25, 0.3) is 0 Å². The van der Waals surface area contributed by atoms with E-state index in [0.29, 0.717) is 12.5 Å². The summed E-state index contributed by atoms with van der Waals surface area (Å²) in [4.78, 5) is 14.5. The van der Waals surface area contributed by atoms with Crippen molar-refractivity contribution in [1.82, 2.24) is 4.90 Å². The number of fused-ring (bicyclic) bond motifs is 2. The molecule has 0 radical (unpaired) electrons. The Labute approximate surface area is 107 Å². The van der Waals surface area contributed by atoms with Crippen molar-refractivity contribution in [2.45, 2.75) is 37.5 Å². The van der Waals surface area contributed by atoms with Gasteiger partial charge in [0, 0.05) is 18.5 Å². The maximum atomic E-state index is 12.2. The molecule has 18 heavy (non-hydrogen) atoms. The van der Waals surface area contributed by atoms with E-state index in [0.717, 1.165) is 18.4 Å². The average molecular weight is 245 g/mol. The van der Waals surface area contributed by atoms with Gasteiger partial charge < -0.3 is 5.11 Å². The van der Waals surface area contributed by atoms with Gasteiger partial charge in [0.05, 0.1) is 12.0 Å². The normalized spacial score (nSPS) is 33.7. The number of hydrogen-bond acceptors (Lipinski definition) is 3. The van der Waals surface area contributed by atoms with E-state index in [4.69, 9.17) is 0 Å². The lowest BCUT2D eigenvalue weighted by Gasteiger charge is -2.38. The molecule has 3 nitrogen and oxygen atoms in total. The molecule has 2 aliphatic rings. The second kappa shape index (κ2) is 4.48. The fourth-order valence-electron chi connectivity index (χ4n) is 3.55. The largest absolute Gasteiger partial charge is 0.388 e. The summed E-state index contributed by atoms with van der Waals surface area (Å²) in [6.45, 7) is 0. The molecule has 0 amide bonds. The first-order chi connectivity index (χ1) is 8.68. The van der Waals surface area contributed by atoms with Crippen molar-refractivity contribution in [3.05, 3.63) is 35.9 Å². The minimum Gasteiger partial charge on any atom is -0.388 e. The van der Waals surface area contributed by atoms with Gasteiger partial charge in [-0.1, -0.05) is 30.3 Å². The molecule has 0 aromatic heterocycles. The Hall–Kier alpha value is -1.19. The van der Waals surface area contributed by atoms with Crippen molar-refractivity contribution in [1.29, 1.82) is 0 Å². The molecule has 2 saturated heterocycles. The first-order valence-corrected chi connectivity index (χ1v) is 6.66. The monoisotopic (exact) mass is 245 g/mol. The Bertz CT molecular complexity index is 445. The van der Waals surface area contributed by atoms with E-state index in [-0.39, 0.29) is 17.7 Å². The number of carbonyl (C=O) groups excluding carboxylic acids is 1. The van der Waals surface area contributed by atoms with E-state index in [1.807, 2.05) is 30.3 Å². The number of rotatable bonds is 2. The third kappa shape index (κ3) is 1.78. The van der Waals surface area contributed by atoms with Crippen LogP contribution in [-0.2, 0) is 4.79 Å². The van der Waals surface area contributed by atoms with E-state index in [9.17, 15) is 9.90 Å². The van der Waals surface area contributed by atoms with Crippen molar-refractivity contribution in [2.75, 3.05) is 7.05 Å². The summed E-state index contributed by atoms with van der Waals surface area (Å²) in [7, 11) is 2.08. The number of aliphatic hydroxyl groups is 1. The Morgan fingerprint density at radius 3 is 2.72 bits per heavy atom. The Balaban J connectivity index is 1.89. The van der Waals surface area contributed by atoms with E-state index < -0.39 is 6.10 Å². The van der Waals surface area contributed by atoms with Crippen LogP contribution in [0.1, 0.15) is 30.9 Å². The molecule has 0 unspecified atom stereocenters. The number of Topliss-reactive ketones (excluding diaryl/α,β-unsaturated/α-hetero) is 1. The summed E-state index contributed by atoms with van der Waals surface area (Å²) < 4.78 is 0. The standard InChI is InChI=1S/C15H19NO2/c1-16-11-7-8-12(16)14(13(17)9-11)15(18)10-5-3-2-4-6-10/h2-6,11-12,14-15,18H,7-9H2,1H3/t11-,12-,14-,15+/m1/s1. The minimum absolute atomic E-state index is 0.214. The predicted molar refractivity (Wildman–Crippen MR) is 69.1 cm³/mol. The van der Waals surface area contributed by atoms with Gasteiger partial charge in [-0.05, 0) is 25.5 Å². The molecule has 2 bridgehead atoms. The number of carbonyl (C=O) groups is 1. The number of nitrogens with zero attached hydrogens (tertiary/aromatic N) is 1. The number of aliphatic hydroxyl groups excluding tert-OH is 1. The van der Waals surface area contributed by atoms with Crippen LogP contribution in [0.4, 0.5) is 0 Å². The summed E-state index contributed by atoms with van der Waals surface area (Å²) >= 11 is 0. The molecule has 0 aliphatic carbocycles. The van der Waals surface area contributed by atoms with E-state index in [1.165, 1.54) is 0 Å². The van der Waals surface area contributed by atoms with E-state index in [2.05, 4.69) is 11.9 Å². The number of benzene rings is 1. The second-order valence-electron chi connectivity index (χ2n) is 5.52. The summed E-state index contributed by atoms with van der Waals surface area (Å²) in [5, 5.41) is 10.5. The zero-order valence-electron chi connectivity index (χ0n) is 10.6. The molecular formula is C15H19NO2. The zero-order chi connectivity index (χ0) is 12.7. The molecule has 1 aromatic rings. The smallest absolute Gasteiger partial charge is 0.142 e. The van der Waals surface area contributed by atoms with E-state index in [1.54, 1.807) is 0 Å². The van der Waals surface area contributed by atoms with Gasteiger partial charge in [-0.3, -0.25) is 9.69 Å². The number of piperidine rings is 1. The molecule has 2 heterocycles. The molecule has 1 N–H and O–H groups in total. The molecule has 4 atom stereocenters. The summed E-state index contributed by atoms with van der Waals surface area (Å²) in [6, 6.07) is 10.2. The van der Waals surface area contributed by atoms with Gasteiger partial charge in [0.15, 0.2) is 0 Å². The lowest BCUT2D eigenvalue weighted by Crippen LogP contribution is -2.49. The Morgan fingerprint density at radius 2 is 2.00 bits per heavy atom. The zero-order valence-corrected chi connectivity index (χ0v) is 10.6. The lowest BCUT2D eigenvalue weighted by atomic mass is 9.82. The van der Waals surface area contributed by atoms with Gasteiger partial charge >= 0.3 is 0 Å². The van der Waals surface area contributed by atoms with Crippen molar-refractivity contribution in [3.63, 3.8) is 0 Å². The molecule has 0 saturated carbocycles. The fourth-order valence-corrected chi connectivity index (χ4v) is 3.55. The highest BCUT2D eigenvalue weighted by atomic mass is 16.3. The van der Waals surface area contributed by atoms with Crippen LogP contribution in [0.15, 0.2) is 30.3 Å². The Kier molecular flexibility index (Phi) is 2.96. The summed E-state index contributed by atoms with van der Waals surface area (Å²) in [6.07, 6.45) is 2.05. The highest BCUT2D eigenvalue weighted by molar-refractivity contribution is 5.84. The van der Waals surface area contributed by atoms with Crippen LogP contribution in [-0.4, -0.2) is 34.9 Å². The topological polar surface area (TPSA) is 40.5 Å². The van der Waals surface area contributed by atoms with Crippen LogP contribution in [0, 0.1) is 5.92 Å². The average Bonchev–Trinajstić information content (AvgIpc) is 2.63. The first-order valence-electron chi connectivity index (χ1n) is 6.66. The van der Waals surface area contributed by atoms with Gasteiger partial charge in [0.2, 0.25) is 0 Å². The molecule has 1 aromatic carbocycles. The minimum atomic E-state index is -0.662. The van der Waals surface area contributed by atoms with Crippen LogP contribution >= 0.6 is 0 Å². The molecule has 3 heteroatoms. The first kappa shape index (κ1) is 11.9. The third-order valence-corrected chi connectivity index (χ3v) is 4.60. The summed E-state index contributed by atoms with van der Waals surface area (Å²) in [5.41, 5.74) is 0.856. The van der Waals surface area contributed by atoms with Crippen molar-refractivity contribution < 1.29 is 9.90 Å². The van der Waals surface area contributed by atoms with Crippen LogP contribution in [0.2, 0.25) is 0 Å². The molecule has 2 fully saturated rings. The van der Waals surface area contributed by atoms with Crippen LogP contribution in [0.5, 0.6) is 0 Å². The van der Waals surface area contributed by atoms with Gasteiger partial charge in [-0.25, -0.2) is 0 Å². The van der Waals surface area contributed by atoms with Crippen molar-refractivity contribution in [2.24, 2.45) is 5.92 Å². The van der Waals surface area contributed by atoms with Crippen molar-refractivity contribution >= 4 is 5.78 Å². The molecule has 3 rings (SSSR count). The fraction of sp³-hybridized carbons (Fsp3) is 0.533. The SMILES string of the molecule is CN1[C@@H]2CC[C@@H]1[C@@H]([C@@H](O)c1ccccc1)C(=O)C2. The van der Waals surface area contributed by atoms with Gasteiger partial charge in [0.1, 0.15) is 5.78 Å². The van der Waals surface area contributed by atoms with Crippen LogP contribution in [0.3, 0.4) is 0 Å². The number of hydrogen-bond donors (Lipinski definition) is 1. The highest BCUT2D eigenvalue weighted by Gasteiger charge is 2.47. The maximum absolute atomic E-state index is 12.2. The molecule has 2 aliphatic heterocycles. The van der Waals surface area contributed by atoms with Gasteiger partial charge in [-0.15, -0.1) is 0 Å². The maximum Gasteiger partial charge on any atom is 0.142 e. The van der Waals surface area contributed by atoms with E-state index >= 15 is 0 Å². The van der Waals surface area contributed by atoms with Crippen LogP contribution < -0.4 is 0 Å². The third-order valence-electron chi connectivity index (χ3n) is 4.60. The van der Waals surface area contributed by atoms with Gasteiger partial charge in [-0.2, -0.15) is 0 Å². The predicted octanol–water partition coefficient (Wildman–Crippen LogP) is 1.77. The van der Waals surface area contributed by atoms with Crippen molar-refractivity contribution in [3.8, 4) is 0 Å². The molecular weight excluding hydrogens is 226 g/mol. The lowest BCUT2D eigenvalue weighted by molar-refractivity contribution is -0.134. The number of ketones is 1.